The molecule has 0 saturated carbocycles. The lowest BCUT2D eigenvalue weighted by Crippen LogP contribution is -2.45. The molecule has 22 heavy (non-hydrogen) atoms. The van der Waals surface area contributed by atoms with Crippen molar-refractivity contribution in [1.82, 2.24) is 10.6 Å². The Hall–Kier alpha value is -1.79. The number of aliphatic hydroxyl groups excluding tert-OH is 1. The van der Waals surface area contributed by atoms with Crippen LogP contribution in [0.3, 0.4) is 0 Å². The molecule has 1 aromatic rings. The van der Waals surface area contributed by atoms with Gasteiger partial charge in [-0.25, -0.2) is 0 Å². The van der Waals surface area contributed by atoms with Crippen LogP contribution in [0, 0.1) is 0 Å². The molecule has 120 valence electrons. The molecule has 1 fully saturated rings. The molecule has 2 aliphatic rings. The Bertz CT molecular complexity index is 573. The second-order valence-corrected chi connectivity index (χ2v) is 6.52. The van der Waals surface area contributed by atoms with Gasteiger partial charge in [-0.05, 0) is 24.1 Å². The monoisotopic (exact) mass is 306 g/mol. The van der Waals surface area contributed by atoms with Crippen molar-refractivity contribution in [1.29, 1.82) is 0 Å². The minimum atomic E-state index is -0.433. The SMILES string of the molecule is CC(C)(CNC(=O)C1CC(O)CN1)c1ccc2c(c1)OCO2. The standard InChI is InChI=1S/C16H22N2O4/c1-16(2,8-18-15(20)12-6-11(19)7-17-12)10-3-4-13-14(5-10)22-9-21-13/h3-5,11-12,17,19H,6-9H2,1-2H3,(H,18,20). The predicted octanol–water partition coefficient (Wildman–Crippen LogP) is 0.532. The zero-order chi connectivity index (χ0) is 15.7. The van der Waals surface area contributed by atoms with E-state index < -0.39 is 6.10 Å². The van der Waals surface area contributed by atoms with E-state index in [9.17, 15) is 9.90 Å². The van der Waals surface area contributed by atoms with E-state index in [1.807, 2.05) is 18.2 Å². The number of nitrogens with one attached hydrogen (secondary N) is 2. The molecule has 1 amide bonds. The summed E-state index contributed by atoms with van der Waals surface area (Å²) >= 11 is 0. The summed E-state index contributed by atoms with van der Waals surface area (Å²) in [5.41, 5.74) is 0.852. The van der Waals surface area contributed by atoms with Crippen molar-refractivity contribution in [3.63, 3.8) is 0 Å². The maximum atomic E-state index is 12.1. The molecule has 1 saturated heterocycles. The summed E-state index contributed by atoms with van der Waals surface area (Å²) in [6, 6.07) is 5.56. The smallest absolute Gasteiger partial charge is 0.237 e. The Morgan fingerprint density at radius 1 is 1.41 bits per heavy atom. The van der Waals surface area contributed by atoms with Gasteiger partial charge in [-0.3, -0.25) is 4.79 Å². The molecule has 6 heteroatoms. The van der Waals surface area contributed by atoms with Crippen molar-refractivity contribution in [3.8, 4) is 11.5 Å². The zero-order valence-corrected chi connectivity index (χ0v) is 12.9. The van der Waals surface area contributed by atoms with Gasteiger partial charge >= 0.3 is 0 Å². The van der Waals surface area contributed by atoms with Crippen LogP contribution in [0.2, 0.25) is 0 Å². The van der Waals surface area contributed by atoms with Crippen molar-refractivity contribution in [2.75, 3.05) is 19.9 Å². The number of aliphatic hydroxyl groups is 1. The van der Waals surface area contributed by atoms with Crippen LogP contribution >= 0.6 is 0 Å². The van der Waals surface area contributed by atoms with Crippen LogP contribution in [0.15, 0.2) is 18.2 Å². The number of ether oxygens (including phenoxy) is 2. The number of hydrogen-bond acceptors (Lipinski definition) is 5. The van der Waals surface area contributed by atoms with E-state index in [0.717, 1.165) is 17.1 Å². The molecule has 0 bridgehead atoms. The number of β-amino-alcohol motifs (C(OH)–C–C–N with tert-alkyl or cyclic N) is 1. The van der Waals surface area contributed by atoms with Gasteiger partial charge in [0.1, 0.15) is 0 Å². The molecule has 3 N–H and O–H groups in total. The molecule has 0 radical (unpaired) electrons. The van der Waals surface area contributed by atoms with Crippen LogP contribution in [0.25, 0.3) is 0 Å². The molecule has 2 heterocycles. The number of fused-ring (bicyclic) bond motifs is 1. The second kappa shape index (κ2) is 5.78. The van der Waals surface area contributed by atoms with E-state index in [1.54, 1.807) is 0 Å². The number of benzene rings is 1. The Balaban J connectivity index is 1.62. The quantitative estimate of drug-likeness (QED) is 0.756. The van der Waals surface area contributed by atoms with Gasteiger partial charge in [0, 0.05) is 18.5 Å². The minimum Gasteiger partial charge on any atom is -0.454 e. The van der Waals surface area contributed by atoms with Crippen molar-refractivity contribution in [3.05, 3.63) is 23.8 Å². The zero-order valence-electron chi connectivity index (χ0n) is 12.9. The van der Waals surface area contributed by atoms with Crippen LogP contribution in [0.5, 0.6) is 11.5 Å². The largest absolute Gasteiger partial charge is 0.454 e. The first-order chi connectivity index (χ1) is 10.5. The van der Waals surface area contributed by atoms with E-state index in [0.29, 0.717) is 19.5 Å². The van der Waals surface area contributed by atoms with Crippen molar-refractivity contribution < 1.29 is 19.4 Å². The fourth-order valence-corrected chi connectivity index (χ4v) is 2.77. The highest BCUT2D eigenvalue weighted by Gasteiger charge is 2.30. The number of carbonyl (C=O) groups excluding carboxylic acids is 1. The molecule has 6 nitrogen and oxygen atoms in total. The van der Waals surface area contributed by atoms with Gasteiger partial charge in [-0.1, -0.05) is 19.9 Å². The van der Waals surface area contributed by atoms with Gasteiger partial charge in [0.15, 0.2) is 11.5 Å². The van der Waals surface area contributed by atoms with E-state index in [1.165, 1.54) is 0 Å². The first-order valence-electron chi connectivity index (χ1n) is 7.55. The molecule has 1 aromatic carbocycles. The highest BCUT2D eigenvalue weighted by Crippen LogP contribution is 2.36. The van der Waals surface area contributed by atoms with Crippen LogP contribution in [0.1, 0.15) is 25.8 Å². The van der Waals surface area contributed by atoms with Gasteiger partial charge in [0.2, 0.25) is 12.7 Å². The summed E-state index contributed by atoms with van der Waals surface area (Å²) in [7, 11) is 0. The van der Waals surface area contributed by atoms with E-state index in [-0.39, 0.29) is 24.2 Å². The number of carbonyl (C=O) groups is 1. The van der Waals surface area contributed by atoms with Crippen LogP contribution < -0.4 is 20.1 Å². The Morgan fingerprint density at radius 3 is 2.91 bits per heavy atom. The van der Waals surface area contributed by atoms with Crippen molar-refractivity contribution >= 4 is 5.91 Å². The fraction of sp³-hybridized carbons (Fsp3) is 0.562. The van der Waals surface area contributed by atoms with Crippen molar-refractivity contribution in [2.24, 2.45) is 0 Å². The van der Waals surface area contributed by atoms with Crippen molar-refractivity contribution in [2.45, 2.75) is 37.8 Å². The summed E-state index contributed by atoms with van der Waals surface area (Å²) in [4.78, 5) is 12.1. The Morgan fingerprint density at radius 2 is 2.18 bits per heavy atom. The molecule has 0 aromatic heterocycles. The maximum absolute atomic E-state index is 12.1. The lowest BCUT2D eigenvalue weighted by Gasteiger charge is -2.26. The number of amides is 1. The van der Waals surface area contributed by atoms with E-state index in [2.05, 4.69) is 24.5 Å². The molecule has 2 unspecified atom stereocenters. The highest BCUT2D eigenvalue weighted by atomic mass is 16.7. The Kier molecular flexibility index (Phi) is 3.97. The summed E-state index contributed by atoms with van der Waals surface area (Å²) in [6.45, 7) is 5.39. The molecular weight excluding hydrogens is 284 g/mol. The van der Waals surface area contributed by atoms with Gasteiger partial charge in [-0.15, -0.1) is 0 Å². The Labute approximate surface area is 129 Å². The summed E-state index contributed by atoms with van der Waals surface area (Å²) in [5.74, 6) is 1.44. The topological polar surface area (TPSA) is 79.8 Å². The highest BCUT2D eigenvalue weighted by molar-refractivity contribution is 5.82. The first-order valence-corrected chi connectivity index (χ1v) is 7.55. The molecule has 3 rings (SSSR count). The lowest BCUT2D eigenvalue weighted by atomic mass is 9.84. The molecule has 2 aliphatic heterocycles. The molecule has 0 spiro atoms. The third kappa shape index (κ3) is 3.03. The summed E-state index contributed by atoms with van der Waals surface area (Å²) < 4.78 is 10.7. The number of hydrogen-bond donors (Lipinski definition) is 3. The van der Waals surface area contributed by atoms with Gasteiger partial charge in [-0.2, -0.15) is 0 Å². The van der Waals surface area contributed by atoms with E-state index >= 15 is 0 Å². The van der Waals surface area contributed by atoms with Crippen LogP contribution in [-0.2, 0) is 10.2 Å². The second-order valence-electron chi connectivity index (χ2n) is 6.52. The van der Waals surface area contributed by atoms with E-state index in [4.69, 9.17) is 9.47 Å². The molecule has 2 atom stereocenters. The average Bonchev–Trinajstić information content (AvgIpc) is 3.12. The summed E-state index contributed by atoms with van der Waals surface area (Å²) in [5, 5.41) is 15.5. The van der Waals surface area contributed by atoms with Crippen LogP contribution in [0.4, 0.5) is 0 Å². The van der Waals surface area contributed by atoms with Crippen LogP contribution in [-0.4, -0.2) is 43.0 Å². The molecular formula is C16H22N2O4. The van der Waals surface area contributed by atoms with Gasteiger partial charge < -0.3 is 25.2 Å². The first kappa shape index (κ1) is 15.1. The minimum absolute atomic E-state index is 0.0645. The lowest BCUT2D eigenvalue weighted by molar-refractivity contribution is -0.123. The fourth-order valence-electron chi connectivity index (χ4n) is 2.77. The molecule has 0 aliphatic carbocycles. The summed E-state index contributed by atoms with van der Waals surface area (Å²) in [6.07, 6.45) is 0.0358. The third-order valence-electron chi connectivity index (χ3n) is 4.28. The average molecular weight is 306 g/mol. The maximum Gasteiger partial charge on any atom is 0.237 e. The normalized spacial score (nSPS) is 23.6. The predicted molar refractivity (Wildman–Crippen MR) is 81.0 cm³/mol. The van der Waals surface area contributed by atoms with Gasteiger partial charge in [0.05, 0.1) is 12.1 Å². The third-order valence-corrected chi connectivity index (χ3v) is 4.28. The van der Waals surface area contributed by atoms with Gasteiger partial charge in [0.25, 0.3) is 0 Å². The number of rotatable bonds is 4.